The third kappa shape index (κ3) is 5.42. The van der Waals surface area contributed by atoms with E-state index in [2.05, 4.69) is 10.2 Å². The second kappa shape index (κ2) is 10.6. The van der Waals surface area contributed by atoms with Crippen LogP contribution in [-0.2, 0) is 0 Å². The lowest BCUT2D eigenvalue weighted by Crippen LogP contribution is -2.45. The van der Waals surface area contributed by atoms with E-state index in [1.165, 1.54) is 18.2 Å². The highest BCUT2D eigenvalue weighted by molar-refractivity contribution is 6.31. The maximum Gasteiger partial charge on any atom is 0.251 e. The minimum absolute atomic E-state index is 0.0561. The van der Waals surface area contributed by atoms with Crippen LogP contribution in [0.15, 0.2) is 47.7 Å². The topological polar surface area (TPSA) is 67.9 Å². The molecule has 4 rings (SSSR count). The van der Waals surface area contributed by atoms with Gasteiger partial charge in [0.15, 0.2) is 5.76 Å². The maximum atomic E-state index is 13.3. The van der Waals surface area contributed by atoms with Crippen molar-refractivity contribution < 1.29 is 23.5 Å². The smallest absolute Gasteiger partial charge is 0.251 e. The fourth-order valence-corrected chi connectivity index (χ4v) is 4.40. The number of benzene rings is 2. The predicted molar refractivity (Wildman–Crippen MR) is 128 cm³/mol. The van der Waals surface area contributed by atoms with Gasteiger partial charge in [-0.15, -0.1) is 0 Å². The first-order valence-corrected chi connectivity index (χ1v) is 11.9. The van der Waals surface area contributed by atoms with Gasteiger partial charge in [0.25, 0.3) is 5.91 Å². The number of hydrogen-bond donors (Lipinski definition) is 1. The van der Waals surface area contributed by atoms with Crippen molar-refractivity contribution in [3.8, 4) is 11.5 Å². The summed E-state index contributed by atoms with van der Waals surface area (Å²) >= 11 is 5.78. The summed E-state index contributed by atoms with van der Waals surface area (Å²) in [5.74, 6) is 0.580. The van der Waals surface area contributed by atoms with Gasteiger partial charge >= 0.3 is 0 Å². The van der Waals surface area contributed by atoms with Gasteiger partial charge in [0, 0.05) is 31.2 Å². The largest absolute Gasteiger partial charge is 0.493 e. The number of fused-ring (bicyclic) bond motifs is 1. The molecular weight excluding hydrogens is 459 g/mol. The van der Waals surface area contributed by atoms with Gasteiger partial charge in [0.05, 0.1) is 11.6 Å². The summed E-state index contributed by atoms with van der Waals surface area (Å²) in [6.45, 7) is 6.81. The van der Waals surface area contributed by atoms with Crippen LogP contribution in [0.5, 0.6) is 11.5 Å². The fourth-order valence-electron chi connectivity index (χ4n) is 4.22. The Morgan fingerprint density at radius 3 is 2.71 bits per heavy atom. The van der Waals surface area contributed by atoms with Crippen LogP contribution in [-0.4, -0.2) is 48.9 Å². The molecule has 1 fully saturated rings. The number of halogens is 2. The highest BCUT2D eigenvalue weighted by Crippen LogP contribution is 2.38. The third-order valence-electron chi connectivity index (χ3n) is 6.07. The van der Waals surface area contributed by atoms with Crippen molar-refractivity contribution in [3.05, 3.63) is 69.7 Å². The summed E-state index contributed by atoms with van der Waals surface area (Å²) in [6, 6.07) is 9.48. The van der Waals surface area contributed by atoms with Gasteiger partial charge in [-0.2, -0.15) is 0 Å². The minimum atomic E-state index is -0.537. The van der Waals surface area contributed by atoms with E-state index in [0.29, 0.717) is 35.0 Å². The molecule has 180 valence electrons. The first-order valence-electron chi connectivity index (χ1n) is 11.5. The molecule has 34 heavy (non-hydrogen) atoms. The molecular formula is C26H28ClFN2O4. The number of carbonyl (C=O) groups is 2. The first kappa shape index (κ1) is 24.2. The molecule has 0 aliphatic carbocycles. The van der Waals surface area contributed by atoms with Crippen LogP contribution in [0.2, 0.25) is 5.02 Å². The molecule has 2 aromatic carbocycles. The number of ether oxygens (including phenoxy) is 2. The highest BCUT2D eigenvalue weighted by Gasteiger charge is 2.31. The number of ketones is 1. The van der Waals surface area contributed by atoms with E-state index >= 15 is 0 Å². The summed E-state index contributed by atoms with van der Waals surface area (Å²) in [5, 5.41) is 2.96. The zero-order valence-corrected chi connectivity index (χ0v) is 20.1. The van der Waals surface area contributed by atoms with E-state index < -0.39 is 5.82 Å². The zero-order valence-electron chi connectivity index (χ0n) is 19.3. The zero-order chi connectivity index (χ0) is 24.2. The van der Waals surface area contributed by atoms with Crippen LogP contribution < -0.4 is 14.8 Å². The van der Waals surface area contributed by atoms with Crippen molar-refractivity contribution in [1.82, 2.24) is 10.2 Å². The molecule has 0 saturated carbocycles. The van der Waals surface area contributed by atoms with Crippen LogP contribution in [0.25, 0.3) is 0 Å². The maximum absolute atomic E-state index is 13.3. The number of piperidine rings is 1. The summed E-state index contributed by atoms with van der Waals surface area (Å²) in [5.41, 5.74) is 1.70. The molecule has 2 aliphatic heterocycles. The predicted octanol–water partition coefficient (Wildman–Crippen LogP) is 5.01. The molecule has 0 radical (unpaired) electrons. The highest BCUT2D eigenvalue weighted by atomic mass is 35.5. The summed E-state index contributed by atoms with van der Waals surface area (Å²) < 4.78 is 24.9. The van der Waals surface area contributed by atoms with Crippen LogP contribution in [0.1, 0.15) is 53.8 Å². The Kier molecular flexibility index (Phi) is 7.54. The lowest BCUT2D eigenvalue weighted by molar-refractivity contribution is 0.0909. The van der Waals surface area contributed by atoms with E-state index in [9.17, 15) is 14.0 Å². The number of hydrogen-bond acceptors (Lipinski definition) is 5. The van der Waals surface area contributed by atoms with Gasteiger partial charge in [-0.25, -0.2) is 4.39 Å². The number of amides is 1. The molecule has 0 bridgehead atoms. The molecule has 0 unspecified atom stereocenters. The van der Waals surface area contributed by atoms with Gasteiger partial charge < -0.3 is 19.7 Å². The molecule has 1 amide bonds. The standard InChI is InChI=1S/C26H28ClFN2O4/c1-16(2)25-24(31)23-21(5-3-6-22(23)34-25)33-14-4-11-30-12-9-18(10-13-30)29-26(32)17-7-8-20(28)19(27)15-17/h3,5-8,15,18H,4,9-14H2,1-2H3,(H,29,32). The normalized spacial score (nSPS) is 16.2. The Balaban J connectivity index is 1.20. The molecule has 0 atom stereocenters. The second-order valence-electron chi connectivity index (χ2n) is 8.81. The number of carbonyl (C=O) groups excluding carboxylic acids is 2. The number of allylic oxidation sites excluding steroid dienone is 2. The Morgan fingerprint density at radius 2 is 2.00 bits per heavy atom. The Hall–Kier alpha value is -2.90. The van der Waals surface area contributed by atoms with Crippen molar-refractivity contribution in [2.45, 2.75) is 39.2 Å². The summed E-state index contributed by atoms with van der Waals surface area (Å²) in [6.07, 6.45) is 2.50. The SMILES string of the molecule is CC(C)=C1Oc2cccc(OCCCN3CCC(NC(=O)c4ccc(F)c(Cl)c4)CC3)c2C1=O. The molecule has 2 heterocycles. The lowest BCUT2D eigenvalue weighted by atomic mass is 10.0. The summed E-state index contributed by atoms with van der Waals surface area (Å²) in [7, 11) is 0. The van der Waals surface area contributed by atoms with Gasteiger partial charge in [0.1, 0.15) is 22.9 Å². The minimum Gasteiger partial charge on any atom is -0.493 e. The molecule has 1 saturated heterocycles. The van der Waals surface area contributed by atoms with Gasteiger partial charge in [-0.05, 0) is 69.0 Å². The van der Waals surface area contributed by atoms with Crippen LogP contribution in [0.4, 0.5) is 4.39 Å². The lowest BCUT2D eigenvalue weighted by Gasteiger charge is -2.32. The Morgan fingerprint density at radius 1 is 1.24 bits per heavy atom. The monoisotopic (exact) mass is 486 g/mol. The van der Waals surface area contributed by atoms with Crippen LogP contribution >= 0.6 is 11.6 Å². The van der Waals surface area contributed by atoms with Crippen molar-refractivity contribution in [2.75, 3.05) is 26.2 Å². The molecule has 8 heteroatoms. The molecule has 2 aromatic rings. The molecule has 0 aromatic heterocycles. The molecule has 0 spiro atoms. The average Bonchev–Trinajstić information content (AvgIpc) is 3.17. The van der Waals surface area contributed by atoms with Crippen molar-refractivity contribution in [3.63, 3.8) is 0 Å². The second-order valence-corrected chi connectivity index (χ2v) is 9.22. The number of nitrogens with one attached hydrogen (secondary N) is 1. The van der Waals surface area contributed by atoms with E-state index in [1.807, 2.05) is 19.9 Å². The first-order chi connectivity index (χ1) is 16.3. The van der Waals surface area contributed by atoms with Gasteiger partial charge in [-0.1, -0.05) is 17.7 Å². The van der Waals surface area contributed by atoms with Crippen molar-refractivity contribution in [2.24, 2.45) is 0 Å². The number of Topliss-reactive ketones (excluding diaryl/α,β-unsaturated/α-hetero) is 1. The van der Waals surface area contributed by atoms with E-state index in [4.69, 9.17) is 21.1 Å². The van der Waals surface area contributed by atoms with Crippen molar-refractivity contribution >= 4 is 23.3 Å². The fraction of sp³-hybridized carbons (Fsp3) is 0.385. The van der Waals surface area contributed by atoms with Gasteiger partial charge in [-0.3, -0.25) is 9.59 Å². The Labute approximate surface area is 203 Å². The molecule has 1 N–H and O–H groups in total. The molecule has 2 aliphatic rings. The van der Waals surface area contributed by atoms with Gasteiger partial charge in [0.2, 0.25) is 5.78 Å². The number of nitrogens with zero attached hydrogens (tertiary/aromatic N) is 1. The van der Waals surface area contributed by atoms with E-state index in [-0.39, 0.29) is 22.8 Å². The average molecular weight is 487 g/mol. The van der Waals surface area contributed by atoms with E-state index in [1.54, 1.807) is 12.1 Å². The number of likely N-dealkylation sites (tertiary alicyclic amines) is 1. The summed E-state index contributed by atoms with van der Waals surface area (Å²) in [4.78, 5) is 27.4. The van der Waals surface area contributed by atoms with Crippen LogP contribution in [0.3, 0.4) is 0 Å². The molecule has 6 nitrogen and oxygen atoms in total. The quantitative estimate of drug-likeness (QED) is 0.440. The van der Waals surface area contributed by atoms with Crippen molar-refractivity contribution in [1.29, 1.82) is 0 Å². The Bertz CT molecular complexity index is 1120. The van der Waals surface area contributed by atoms with E-state index in [0.717, 1.165) is 44.5 Å². The van der Waals surface area contributed by atoms with Crippen LogP contribution in [0, 0.1) is 5.82 Å². The number of rotatable bonds is 7. The third-order valence-corrected chi connectivity index (χ3v) is 6.36.